The SMILES string of the molecule is C=C(Br)CSc1nnc(-c2ccc(N(CC)CC)cc2)n1C. The lowest BCUT2D eigenvalue weighted by atomic mass is 10.2. The average molecular weight is 381 g/mol. The Hall–Kier alpha value is -1.27. The van der Waals surface area contributed by atoms with Crippen LogP contribution in [0.2, 0.25) is 0 Å². The number of anilines is 1. The van der Waals surface area contributed by atoms with E-state index in [1.807, 2.05) is 11.6 Å². The van der Waals surface area contributed by atoms with Crippen LogP contribution < -0.4 is 4.90 Å². The topological polar surface area (TPSA) is 34.0 Å². The van der Waals surface area contributed by atoms with Gasteiger partial charge in [0.2, 0.25) is 0 Å². The molecule has 1 aromatic heterocycles. The number of hydrogen-bond acceptors (Lipinski definition) is 4. The monoisotopic (exact) mass is 380 g/mol. The molecule has 0 saturated heterocycles. The average Bonchev–Trinajstić information content (AvgIpc) is 2.88. The second-order valence-corrected chi connectivity index (χ2v) is 6.95. The van der Waals surface area contributed by atoms with Crippen LogP contribution in [0.3, 0.4) is 0 Å². The quantitative estimate of drug-likeness (QED) is 0.669. The Bertz CT molecular complexity index is 632. The first-order valence-corrected chi connectivity index (χ1v) is 9.05. The fourth-order valence-electron chi connectivity index (χ4n) is 2.24. The van der Waals surface area contributed by atoms with Gasteiger partial charge in [0.05, 0.1) is 0 Å². The third-order valence-electron chi connectivity index (χ3n) is 3.45. The van der Waals surface area contributed by atoms with E-state index in [0.717, 1.165) is 39.9 Å². The second kappa shape index (κ2) is 7.83. The molecule has 0 unspecified atom stereocenters. The number of benzene rings is 1. The molecular weight excluding hydrogens is 360 g/mol. The molecule has 6 heteroatoms. The van der Waals surface area contributed by atoms with E-state index in [0.29, 0.717) is 0 Å². The molecule has 0 atom stereocenters. The van der Waals surface area contributed by atoms with Gasteiger partial charge in [-0.1, -0.05) is 34.3 Å². The van der Waals surface area contributed by atoms with Crippen molar-refractivity contribution in [2.45, 2.75) is 19.0 Å². The maximum Gasteiger partial charge on any atom is 0.191 e. The minimum absolute atomic E-state index is 0.785. The first kappa shape index (κ1) is 17.1. The van der Waals surface area contributed by atoms with Crippen LogP contribution in [0.15, 0.2) is 40.5 Å². The number of aromatic nitrogens is 3. The predicted molar refractivity (Wildman–Crippen MR) is 98.8 cm³/mol. The fraction of sp³-hybridized carbons (Fsp3) is 0.375. The lowest BCUT2D eigenvalue weighted by Gasteiger charge is -2.21. The molecule has 0 radical (unpaired) electrons. The summed E-state index contributed by atoms with van der Waals surface area (Å²) in [6, 6.07) is 8.50. The molecule has 0 aliphatic heterocycles. The second-order valence-electron chi connectivity index (χ2n) is 4.89. The van der Waals surface area contributed by atoms with Gasteiger partial charge in [-0.3, -0.25) is 0 Å². The highest BCUT2D eigenvalue weighted by Crippen LogP contribution is 2.26. The highest BCUT2D eigenvalue weighted by atomic mass is 79.9. The van der Waals surface area contributed by atoms with Crippen LogP contribution in [0.5, 0.6) is 0 Å². The van der Waals surface area contributed by atoms with Crippen molar-refractivity contribution < 1.29 is 0 Å². The van der Waals surface area contributed by atoms with Gasteiger partial charge in [0.15, 0.2) is 11.0 Å². The molecule has 0 spiro atoms. The van der Waals surface area contributed by atoms with E-state index in [4.69, 9.17) is 0 Å². The number of hydrogen-bond donors (Lipinski definition) is 0. The van der Waals surface area contributed by atoms with Crippen LogP contribution in [-0.2, 0) is 7.05 Å². The van der Waals surface area contributed by atoms with Crippen molar-refractivity contribution in [2.75, 3.05) is 23.7 Å². The Morgan fingerprint density at radius 3 is 2.41 bits per heavy atom. The number of rotatable bonds is 7. The van der Waals surface area contributed by atoms with E-state index in [2.05, 4.69) is 75.7 Å². The molecule has 0 aliphatic rings. The maximum atomic E-state index is 4.31. The molecule has 0 saturated carbocycles. The molecule has 1 aromatic carbocycles. The molecule has 0 aliphatic carbocycles. The van der Waals surface area contributed by atoms with Gasteiger partial charge in [-0.15, -0.1) is 10.2 Å². The molecule has 22 heavy (non-hydrogen) atoms. The molecule has 0 fully saturated rings. The summed E-state index contributed by atoms with van der Waals surface area (Å²) in [6.07, 6.45) is 0. The van der Waals surface area contributed by atoms with Gasteiger partial charge in [-0.05, 0) is 42.6 Å². The van der Waals surface area contributed by atoms with E-state index < -0.39 is 0 Å². The summed E-state index contributed by atoms with van der Waals surface area (Å²) in [4.78, 5) is 2.32. The zero-order valence-electron chi connectivity index (χ0n) is 13.2. The van der Waals surface area contributed by atoms with Crippen LogP contribution in [0, 0.1) is 0 Å². The first-order valence-electron chi connectivity index (χ1n) is 7.27. The van der Waals surface area contributed by atoms with Crippen molar-refractivity contribution in [3.05, 3.63) is 35.3 Å². The summed E-state index contributed by atoms with van der Waals surface area (Å²) >= 11 is 4.99. The highest BCUT2D eigenvalue weighted by molar-refractivity contribution is 9.11. The van der Waals surface area contributed by atoms with Gasteiger partial charge in [-0.2, -0.15) is 0 Å². The standard InChI is InChI=1S/C16H21BrN4S/c1-5-21(6-2)14-9-7-13(8-10-14)15-18-19-16(20(15)4)22-11-12(3)17/h7-10H,3,5-6,11H2,1-2,4H3. The fourth-order valence-corrected chi connectivity index (χ4v) is 3.25. The van der Waals surface area contributed by atoms with E-state index in [1.54, 1.807) is 11.8 Å². The first-order chi connectivity index (χ1) is 10.6. The summed E-state index contributed by atoms with van der Waals surface area (Å²) in [6.45, 7) is 10.2. The molecule has 0 amide bonds. The highest BCUT2D eigenvalue weighted by Gasteiger charge is 2.12. The Balaban J connectivity index is 2.20. The number of thioether (sulfide) groups is 1. The Morgan fingerprint density at radius 2 is 1.86 bits per heavy atom. The van der Waals surface area contributed by atoms with Crippen molar-refractivity contribution in [1.29, 1.82) is 0 Å². The van der Waals surface area contributed by atoms with Gasteiger partial charge in [-0.25, -0.2) is 0 Å². The van der Waals surface area contributed by atoms with E-state index in [-0.39, 0.29) is 0 Å². The molecule has 118 valence electrons. The van der Waals surface area contributed by atoms with E-state index in [1.165, 1.54) is 5.69 Å². The molecule has 4 nitrogen and oxygen atoms in total. The number of halogens is 1. The zero-order chi connectivity index (χ0) is 16.1. The smallest absolute Gasteiger partial charge is 0.191 e. The molecule has 1 heterocycles. The lowest BCUT2D eigenvalue weighted by Crippen LogP contribution is -2.21. The Labute approximate surface area is 144 Å². The molecule has 2 rings (SSSR count). The van der Waals surface area contributed by atoms with Crippen LogP contribution in [0.1, 0.15) is 13.8 Å². The predicted octanol–water partition coefficient (Wildman–Crippen LogP) is 4.33. The van der Waals surface area contributed by atoms with Gasteiger partial charge < -0.3 is 9.47 Å². The minimum atomic E-state index is 0.785. The minimum Gasteiger partial charge on any atom is -0.372 e. The lowest BCUT2D eigenvalue weighted by molar-refractivity contribution is 0.794. The Morgan fingerprint density at radius 1 is 1.23 bits per heavy atom. The van der Waals surface area contributed by atoms with Crippen molar-refractivity contribution in [2.24, 2.45) is 7.05 Å². The van der Waals surface area contributed by atoms with Gasteiger partial charge in [0.25, 0.3) is 0 Å². The molecule has 0 bridgehead atoms. The van der Waals surface area contributed by atoms with Crippen LogP contribution >= 0.6 is 27.7 Å². The number of nitrogens with zero attached hydrogens (tertiary/aromatic N) is 4. The van der Waals surface area contributed by atoms with E-state index >= 15 is 0 Å². The van der Waals surface area contributed by atoms with Gasteiger partial charge in [0.1, 0.15) is 0 Å². The molecular formula is C16H21BrN4S. The summed E-state index contributed by atoms with van der Waals surface area (Å²) < 4.78 is 2.97. The van der Waals surface area contributed by atoms with Crippen molar-refractivity contribution in [3.8, 4) is 11.4 Å². The maximum absolute atomic E-state index is 4.31. The normalized spacial score (nSPS) is 10.7. The van der Waals surface area contributed by atoms with Crippen molar-refractivity contribution in [1.82, 2.24) is 14.8 Å². The van der Waals surface area contributed by atoms with Crippen LogP contribution in [0.25, 0.3) is 11.4 Å². The third kappa shape index (κ3) is 3.93. The van der Waals surface area contributed by atoms with Gasteiger partial charge >= 0.3 is 0 Å². The molecule has 0 N–H and O–H groups in total. The van der Waals surface area contributed by atoms with E-state index in [9.17, 15) is 0 Å². The van der Waals surface area contributed by atoms with Crippen LogP contribution in [0.4, 0.5) is 5.69 Å². The molecule has 2 aromatic rings. The summed E-state index contributed by atoms with van der Waals surface area (Å²) in [5.74, 6) is 1.67. The Kier molecular flexibility index (Phi) is 6.08. The third-order valence-corrected chi connectivity index (χ3v) is 5.20. The zero-order valence-corrected chi connectivity index (χ0v) is 15.6. The van der Waals surface area contributed by atoms with Crippen LogP contribution in [-0.4, -0.2) is 33.6 Å². The summed E-state index contributed by atoms with van der Waals surface area (Å²) in [5, 5.41) is 9.46. The largest absolute Gasteiger partial charge is 0.372 e. The van der Waals surface area contributed by atoms with Crippen molar-refractivity contribution in [3.63, 3.8) is 0 Å². The summed E-state index contributed by atoms with van der Waals surface area (Å²) in [5.41, 5.74) is 2.32. The van der Waals surface area contributed by atoms with Crippen molar-refractivity contribution >= 4 is 33.4 Å². The van der Waals surface area contributed by atoms with Gasteiger partial charge in [0, 0.05) is 37.1 Å². The summed E-state index contributed by atoms with van der Waals surface area (Å²) in [7, 11) is 1.99.